The number of ether oxygens (including phenoxy) is 1. The summed E-state index contributed by atoms with van der Waals surface area (Å²) in [5, 5.41) is 6.11. The summed E-state index contributed by atoms with van der Waals surface area (Å²) in [4.78, 5) is 21.5. The molecule has 3 aromatic rings. The van der Waals surface area contributed by atoms with Crippen LogP contribution in [0.25, 0.3) is 0 Å². The number of anilines is 3. The zero-order valence-corrected chi connectivity index (χ0v) is 17.4. The lowest BCUT2D eigenvalue weighted by molar-refractivity contribution is 0.102. The minimum atomic E-state index is -0.294. The molecule has 2 aromatic carbocycles. The molecule has 0 atom stereocenters. The van der Waals surface area contributed by atoms with Crippen molar-refractivity contribution in [3.8, 4) is 5.75 Å². The summed E-state index contributed by atoms with van der Waals surface area (Å²) in [5.41, 5.74) is 4.81. The number of carbonyl (C=O) groups excluding carboxylic acids is 1. The molecule has 1 amide bonds. The first kappa shape index (κ1) is 20.3. The van der Waals surface area contributed by atoms with Gasteiger partial charge in [-0.05, 0) is 76.1 Å². The van der Waals surface area contributed by atoms with E-state index in [1.807, 2.05) is 65.0 Å². The fourth-order valence-corrected chi connectivity index (χ4v) is 2.95. The molecule has 3 rings (SSSR count). The van der Waals surface area contributed by atoms with Crippen LogP contribution >= 0.6 is 0 Å². The maximum Gasteiger partial charge on any atom is 0.274 e. The first-order valence-electron chi connectivity index (χ1n) is 9.59. The van der Waals surface area contributed by atoms with Crippen LogP contribution in [0.15, 0.2) is 48.5 Å². The number of benzene rings is 2. The molecule has 1 heterocycles. The minimum absolute atomic E-state index is 0.0993. The molecule has 0 bridgehead atoms. The van der Waals surface area contributed by atoms with Crippen molar-refractivity contribution in [2.24, 2.45) is 0 Å². The van der Waals surface area contributed by atoms with Gasteiger partial charge in [0.15, 0.2) is 0 Å². The van der Waals surface area contributed by atoms with E-state index in [1.165, 1.54) is 0 Å². The third kappa shape index (κ3) is 5.31. The number of carbonyl (C=O) groups is 1. The highest BCUT2D eigenvalue weighted by Gasteiger charge is 2.13. The highest BCUT2D eigenvalue weighted by molar-refractivity contribution is 6.03. The van der Waals surface area contributed by atoms with Gasteiger partial charge in [0, 0.05) is 17.1 Å². The van der Waals surface area contributed by atoms with Gasteiger partial charge in [-0.25, -0.2) is 9.97 Å². The number of nitrogens with zero attached hydrogens (tertiary/aromatic N) is 2. The molecule has 0 saturated carbocycles. The Labute approximate surface area is 171 Å². The third-order valence-electron chi connectivity index (χ3n) is 4.29. The fraction of sp³-hybridized carbons (Fsp3) is 0.261. The number of hydrogen-bond donors (Lipinski definition) is 2. The van der Waals surface area contributed by atoms with Crippen LogP contribution in [0, 0.1) is 20.8 Å². The predicted molar refractivity (Wildman–Crippen MR) is 116 cm³/mol. The molecule has 0 radical (unpaired) electrons. The second kappa shape index (κ2) is 8.73. The number of rotatable bonds is 6. The molecular weight excluding hydrogens is 364 g/mol. The standard InChI is InChI=1S/C23H26N4O2/c1-14(2)29-19-11-9-18(10-12-19)25-22(28)20-13-17(5)24-23(26-20)27-21-15(3)7-6-8-16(21)4/h6-14H,1-5H3,(H,25,28)(H,24,26,27). The van der Waals surface area contributed by atoms with E-state index in [0.29, 0.717) is 23.0 Å². The number of amides is 1. The van der Waals surface area contributed by atoms with Gasteiger partial charge in [0.05, 0.1) is 6.10 Å². The van der Waals surface area contributed by atoms with E-state index in [9.17, 15) is 4.79 Å². The molecule has 0 spiro atoms. The summed E-state index contributed by atoms with van der Waals surface area (Å²) in [6.45, 7) is 9.82. The van der Waals surface area contributed by atoms with Gasteiger partial charge in [-0.3, -0.25) is 4.79 Å². The Hall–Kier alpha value is -3.41. The molecule has 6 nitrogen and oxygen atoms in total. The summed E-state index contributed by atoms with van der Waals surface area (Å²) in [7, 11) is 0. The number of para-hydroxylation sites is 1. The summed E-state index contributed by atoms with van der Waals surface area (Å²) in [6, 6.07) is 15.0. The van der Waals surface area contributed by atoms with Crippen LogP contribution in [0.3, 0.4) is 0 Å². The molecule has 0 saturated heterocycles. The van der Waals surface area contributed by atoms with E-state index in [2.05, 4.69) is 20.6 Å². The van der Waals surface area contributed by atoms with Crippen molar-refractivity contribution in [1.29, 1.82) is 0 Å². The van der Waals surface area contributed by atoms with Gasteiger partial charge >= 0.3 is 0 Å². The van der Waals surface area contributed by atoms with E-state index in [1.54, 1.807) is 18.2 Å². The van der Waals surface area contributed by atoms with Crippen LogP contribution < -0.4 is 15.4 Å². The van der Waals surface area contributed by atoms with Crippen molar-refractivity contribution in [2.75, 3.05) is 10.6 Å². The summed E-state index contributed by atoms with van der Waals surface area (Å²) in [5.74, 6) is 0.863. The van der Waals surface area contributed by atoms with Crippen LogP contribution in [0.5, 0.6) is 5.75 Å². The Balaban J connectivity index is 1.77. The van der Waals surface area contributed by atoms with E-state index in [0.717, 1.165) is 22.6 Å². The van der Waals surface area contributed by atoms with E-state index < -0.39 is 0 Å². The molecule has 6 heteroatoms. The highest BCUT2D eigenvalue weighted by atomic mass is 16.5. The Morgan fingerprint density at radius 3 is 2.24 bits per heavy atom. The van der Waals surface area contributed by atoms with Crippen LogP contribution in [0.4, 0.5) is 17.3 Å². The molecule has 0 aliphatic heterocycles. The topological polar surface area (TPSA) is 76.1 Å². The lowest BCUT2D eigenvalue weighted by Gasteiger charge is -2.13. The van der Waals surface area contributed by atoms with Crippen molar-refractivity contribution in [2.45, 2.75) is 40.7 Å². The second-order valence-electron chi connectivity index (χ2n) is 7.26. The molecule has 2 N–H and O–H groups in total. The Morgan fingerprint density at radius 1 is 0.966 bits per heavy atom. The van der Waals surface area contributed by atoms with Crippen molar-refractivity contribution < 1.29 is 9.53 Å². The molecule has 1 aromatic heterocycles. The summed E-state index contributed by atoms with van der Waals surface area (Å²) in [6.07, 6.45) is 0.0993. The lowest BCUT2D eigenvalue weighted by Crippen LogP contribution is -2.15. The van der Waals surface area contributed by atoms with Gasteiger partial charge in [0.2, 0.25) is 5.95 Å². The molecule has 0 fully saturated rings. The maximum atomic E-state index is 12.7. The van der Waals surface area contributed by atoms with Crippen molar-refractivity contribution >= 4 is 23.2 Å². The van der Waals surface area contributed by atoms with Crippen molar-refractivity contribution in [1.82, 2.24) is 9.97 Å². The molecule has 150 valence electrons. The fourth-order valence-electron chi connectivity index (χ4n) is 2.95. The Bertz CT molecular complexity index is 994. The predicted octanol–water partition coefficient (Wildman–Crippen LogP) is 5.18. The average Bonchev–Trinajstić information content (AvgIpc) is 2.65. The van der Waals surface area contributed by atoms with Gasteiger partial charge in [-0.1, -0.05) is 18.2 Å². The van der Waals surface area contributed by atoms with E-state index in [4.69, 9.17) is 4.74 Å². The molecule has 0 unspecified atom stereocenters. The summed E-state index contributed by atoms with van der Waals surface area (Å²) >= 11 is 0. The van der Waals surface area contributed by atoms with E-state index >= 15 is 0 Å². The van der Waals surface area contributed by atoms with E-state index in [-0.39, 0.29) is 12.0 Å². The number of nitrogens with one attached hydrogen (secondary N) is 2. The zero-order chi connectivity index (χ0) is 21.0. The Morgan fingerprint density at radius 2 is 1.62 bits per heavy atom. The van der Waals surface area contributed by atoms with Crippen LogP contribution in [-0.2, 0) is 0 Å². The lowest BCUT2D eigenvalue weighted by atomic mass is 10.1. The van der Waals surface area contributed by atoms with Gasteiger partial charge in [0.1, 0.15) is 11.4 Å². The quantitative estimate of drug-likeness (QED) is 0.606. The first-order valence-corrected chi connectivity index (χ1v) is 9.59. The van der Waals surface area contributed by atoms with Crippen LogP contribution in [0.2, 0.25) is 0 Å². The van der Waals surface area contributed by atoms with Gasteiger partial charge in [-0.2, -0.15) is 0 Å². The first-order chi connectivity index (χ1) is 13.8. The number of aromatic nitrogens is 2. The van der Waals surface area contributed by atoms with Crippen LogP contribution in [-0.4, -0.2) is 22.0 Å². The Kier molecular flexibility index (Phi) is 6.12. The van der Waals surface area contributed by atoms with Gasteiger partial charge in [0.25, 0.3) is 5.91 Å². The maximum absolute atomic E-state index is 12.7. The monoisotopic (exact) mass is 390 g/mol. The molecule has 0 aliphatic carbocycles. The normalized spacial score (nSPS) is 10.7. The minimum Gasteiger partial charge on any atom is -0.491 e. The number of aryl methyl sites for hydroxylation is 3. The molecular formula is C23H26N4O2. The summed E-state index contributed by atoms with van der Waals surface area (Å²) < 4.78 is 5.62. The van der Waals surface area contributed by atoms with Gasteiger partial charge < -0.3 is 15.4 Å². The molecule has 29 heavy (non-hydrogen) atoms. The largest absolute Gasteiger partial charge is 0.491 e. The third-order valence-corrected chi connectivity index (χ3v) is 4.29. The zero-order valence-electron chi connectivity index (χ0n) is 17.4. The highest BCUT2D eigenvalue weighted by Crippen LogP contribution is 2.23. The second-order valence-corrected chi connectivity index (χ2v) is 7.26. The van der Waals surface area contributed by atoms with Crippen LogP contribution in [0.1, 0.15) is 41.2 Å². The van der Waals surface area contributed by atoms with Crippen molar-refractivity contribution in [3.05, 3.63) is 71.0 Å². The smallest absolute Gasteiger partial charge is 0.274 e. The number of hydrogen-bond acceptors (Lipinski definition) is 5. The average molecular weight is 390 g/mol. The SMILES string of the molecule is Cc1cc(C(=O)Nc2ccc(OC(C)C)cc2)nc(Nc2c(C)cccc2C)n1. The van der Waals surface area contributed by atoms with Gasteiger partial charge in [-0.15, -0.1) is 0 Å². The molecule has 0 aliphatic rings. The van der Waals surface area contributed by atoms with Crippen molar-refractivity contribution in [3.63, 3.8) is 0 Å².